The van der Waals surface area contributed by atoms with Gasteiger partial charge in [0.2, 0.25) is 0 Å². The zero-order chi connectivity index (χ0) is 14.9. The van der Waals surface area contributed by atoms with E-state index in [1.807, 2.05) is 61.5 Å². The summed E-state index contributed by atoms with van der Waals surface area (Å²) in [6.45, 7) is 2.23. The van der Waals surface area contributed by atoms with Gasteiger partial charge in [0.25, 0.3) is 0 Å². The summed E-state index contributed by atoms with van der Waals surface area (Å²) in [7, 11) is 0. The molecule has 0 aliphatic rings. The minimum Gasteiger partial charge on any atom is -0.463 e. The Morgan fingerprint density at radius 3 is 2.10 bits per heavy atom. The van der Waals surface area contributed by atoms with E-state index in [0.717, 1.165) is 12.0 Å². The van der Waals surface area contributed by atoms with Crippen molar-refractivity contribution in [1.29, 1.82) is 0 Å². The van der Waals surface area contributed by atoms with Crippen molar-refractivity contribution in [1.82, 2.24) is 0 Å². The number of esters is 1. The normalized spacial score (nSPS) is 11.2. The van der Waals surface area contributed by atoms with Gasteiger partial charge in [-0.25, -0.2) is 4.79 Å². The van der Waals surface area contributed by atoms with Crippen molar-refractivity contribution in [2.24, 2.45) is 0 Å². The molecule has 2 aromatic rings. The van der Waals surface area contributed by atoms with Gasteiger partial charge in [-0.15, -0.1) is 0 Å². The molecule has 0 bridgehead atoms. The average Bonchev–Trinajstić information content (AvgIpc) is 2.53. The van der Waals surface area contributed by atoms with Crippen LogP contribution in [0.25, 0.3) is 0 Å². The van der Waals surface area contributed by atoms with Crippen LogP contribution in [0, 0.1) is 0 Å². The molecule has 0 aromatic heterocycles. The van der Waals surface area contributed by atoms with E-state index in [0.29, 0.717) is 18.6 Å². The average molecular weight is 280 g/mol. The van der Waals surface area contributed by atoms with Crippen molar-refractivity contribution < 1.29 is 9.53 Å². The number of benzene rings is 2. The summed E-state index contributed by atoms with van der Waals surface area (Å²) in [6.07, 6.45) is 3.31. The van der Waals surface area contributed by atoms with Gasteiger partial charge in [-0.05, 0) is 24.5 Å². The van der Waals surface area contributed by atoms with Crippen molar-refractivity contribution in [2.75, 3.05) is 6.61 Å². The zero-order valence-corrected chi connectivity index (χ0v) is 12.3. The van der Waals surface area contributed by atoms with E-state index in [9.17, 15) is 4.79 Å². The van der Waals surface area contributed by atoms with Crippen LogP contribution >= 0.6 is 0 Å². The van der Waals surface area contributed by atoms with Crippen LogP contribution in [0.1, 0.15) is 18.1 Å². The van der Waals surface area contributed by atoms with E-state index in [-0.39, 0.29) is 5.97 Å². The van der Waals surface area contributed by atoms with Gasteiger partial charge in [0.1, 0.15) is 0 Å². The summed E-state index contributed by atoms with van der Waals surface area (Å²) in [5, 5.41) is 0. The minimum atomic E-state index is -0.225. The molecule has 0 aliphatic heterocycles. The first-order valence-corrected chi connectivity index (χ1v) is 7.23. The summed E-state index contributed by atoms with van der Waals surface area (Å²) in [5.74, 6) is -0.225. The lowest BCUT2D eigenvalue weighted by atomic mass is 10.0. The topological polar surface area (TPSA) is 26.3 Å². The molecule has 21 heavy (non-hydrogen) atoms. The Hall–Kier alpha value is -2.35. The predicted molar refractivity (Wildman–Crippen MR) is 85.0 cm³/mol. The predicted octanol–water partition coefficient (Wildman–Crippen LogP) is 3.96. The van der Waals surface area contributed by atoms with Crippen LogP contribution in [0.4, 0.5) is 0 Å². The van der Waals surface area contributed by atoms with Crippen LogP contribution in [0.15, 0.2) is 72.3 Å². The van der Waals surface area contributed by atoms with Gasteiger partial charge in [-0.1, -0.05) is 66.7 Å². The zero-order valence-electron chi connectivity index (χ0n) is 12.3. The van der Waals surface area contributed by atoms with Gasteiger partial charge < -0.3 is 4.74 Å². The molecule has 0 spiro atoms. The van der Waals surface area contributed by atoms with Crippen molar-refractivity contribution in [3.05, 3.63) is 83.4 Å². The SMILES string of the molecule is CCOC(=O)/C(=C/Cc1ccccc1)Cc1ccccc1. The number of ether oxygens (including phenoxy) is 1. The lowest BCUT2D eigenvalue weighted by Gasteiger charge is -2.07. The number of rotatable bonds is 6. The number of hydrogen-bond acceptors (Lipinski definition) is 2. The highest BCUT2D eigenvalue weighted by molar-refractivity contribution is 5.89. The third kappa shape index (κ3) is 4.92. The maximum atomic E-state index is 12.1. The molecule has 0 radical (unpaired) electrons. The van der Waals surface area contributed by atoms with Gasteiger partial charge in [0.05, 0.1) is 6.61 Å². The summed E-state index contributed by atoms with van der Waals surface area (Å²) in [4.78, 5) is 12.1. The lowest BCUT2D eigenvalue weighted by molar-refractivity contribution is -0.138. The third-order valence-electron chi connectivity index (χ3n) is 3.20. The first-order chi connectivity index (χ1) is 10.3. The molecular formula is C19H20O2. The summed E-state index contributed by atoms with van der Waals surface area (Å²) in [5.41, 5.74) is 3.02. The molecule has 0 atom stereocenters. The highest BCUT2D eigenvalue weighted by atomic mass is 16.5. The fourth-order valence-electron chi connectivity index (χ4n) is 2.12. The van der Waals surface area contributed by atoms with Crippen molar-refractivity contribution in [3.8, 4) is 0 Å². The van der Waals surface area contributed by atoms with Crippen LogP contribution in [0.3, 0.4) is 0 Å². The summed E-state index contributed by atoms with van der Waals surface area (Å²) >= 11 is 0. The maximum Gasteiger partial charge on any atom is 0.334 e. The molecule has 0 saturated carbocycles. The second kappa shape index (κ2) is 8.05. The number of carbonyl (C=O) groups is 1. The van der Waals surface area contributed by atoms with Crippen LogP contribution in [0.2, 0.25) is 0 Å². The van der Waals surface area contributed by atoms with Crippen molar-refractivity contribution in [3.63, 3.8) is 0 Å². The van der Waals surface area contributed by atoms with Crippen LogP contribution < -0.4 is 0 Å². The molecule has 0 heterocycles. The Labute approximate surface area is 126 Å². The van der Waals surface area contributed by atoms with Gasteiger partial charge in [0.15, 0.2) is 0 Å². The smallest absolute Gasteiger partial charge is 0.334 e. The van der Waals surface area contributed by atoms with Crippen LogP contribution in [-0.2, 0) is 22.4 Å². The molecule has 0 fully saturated rings. The Bertz CT molecular complexity index is 585. The molecule has 108 valence electrons. The van der Waals surface area contributed by atoms with Crippen molar-refractivity contribution >= 4 is 5.97 Å². The Kier molecular flexibility index (Phi) is 5.77. The van der Waals surface area contributed by atoms with E-state index in [2.05, 4.69) is 12.1 Å². The second-order valence-electron chi connectivity index (χ2n) is 4.80. The van der Waals surface area contributed by atoms with E-state index in [1.54, 1.807) is 0 Å². The molecular weight excluding hydrogens is 260 g/mol. The molecule has 0 unspecified atom stereocenters. The van der Waals surface area contributed by atoms with Crippen LogP contribution in [-0.4, -0.2) is 12.6 Å². The van der Waals surface area contributed by atoms with Gasteiger partial charge in [0, 0.05) is 12.0 Å². The van der Waals surface area contributed by atoms with Crippen LogP contribution in [0.5, 0.6) is 0 Å². The highest BCUT2D eigenvalue weighted by Gasteiger charge is 2.11. The molecule has 2 aromatic carbocycles. The summed E-state index contributed by atoms with van der Waals surface area (Å²) in [6, 6.07) is 20.1. The Morgan fingerprint density at radius 2 is 1.52 bits per heavy atom. The molecule has 2 nitrogen and oxygen atoms in total. The standard InChI is InChI=1S/C19H20O2/c1-2-21-19(20)18(15-17-11-7-4-8-12-17)14-13-16-9-5-3-6-10-16/h3-12,14H,2,13,15H2,1H3/b18-14+. The quantitative estimate of drug-likeness (QED) is 0.591. The third-order valence-corrected chi connectivity index (χ3v) is 3.20. The van der Waals surface area contributed by atoms with E-state index in [1.165, 1.54) is 5.56 Å². The minimum absolute atomic E-state index is 0.225. The fourth-order valence-corrected chi connectivity index (χ4v) is 2.12. The molecule has 2 rings (SSSR count). The van der Waals surface area contributed by atoms with E-state index < -0.39 is 0 Å². The van der Waals surface area contributed by atoms with Gasteiger partial charge in [-0.2, -0.15) is 0 Å². The first-order valence-electron chi connectivity index (χ1n) is 7.23. The largest absolute Gasteiger partial charge is 0.463 e. The maximum absolute atomic E-state index is 12.1. The monoisotopic (exact) mass is 280 g/mol. The molecule has 0 amide bonds. The molecule has 0 saturated heterocycles. The van der Waals surface area contributed by atoms with Gasteiger partial charge >= 0.3 is 5.97 Å². The van der Waals surface area contributed by atoms with E-state index in [4.69, 9.17) is 4.74 Å². The molecule has 0 N–H and O–H groups in total. The second-order valence-corrected chi connectivity index (χ2v) is 4.80. The lowest BCUT2D eigenvalue weighted by Crippen LogP contribution is -2.10. The Morgan fingerprint density at radius 1 is 0.952 bits per heavy atom. The molecule has 0 aliphatic carbocycles. The summed E-state index contributed by atoms with van der Waals surface area (Å²) < 4.78 is 5.16. The van der Waals surface area contributed by atoms with Gasteiger partial charge in [-0.3, -0.25) is 0 Å². The number of hydrogen-bond donors (Lipinski definition) is 0. The first kappa shape index (κ1) is 15.0. The number of allylic oxidation sites excluding steroid dienone is 1. The number of carbonyl (C=O) groups excluding carboxylic acids is 1. The van der Waals surface area contributed by atoms with Crippen molar-refractivity contribution in [2.45, 2.75) is 19.8 Å². The fraction of sp³-hybridized carbons (Fsp3) is 0.211. The van der Waals surface area contributed by atoms with E-state index >= 15 is 0 Å². The molecule has 2 heteroatoms. The highest BCUT2D eigenvalue weighted by Crippen LogP contribution is 2.12. The Balaban J connectivity index is 2.13.